The first-order chi connectivity index (χ1) is 8.60. The summed E-state index contributed by atoms with van der Waals surface area (Å²) in [6.07, 6.45) is 1.88. The van der Waals surface area contributed by atoms with Crippen LogP contribution in [0.25, 0.3) is 0 Å². The molecule has 2 aromatic rings. The third-order valence-corrected chi connectivity index (χ3v) is 4.66. The first-order valence-electron chi connectivity index (χ1n) is 5.88. The minimum Gasteiger partial charge on any atom is -0.324 e. The van der Waals surface area contributed by atoms with Crippen LogP contribution in [0.15, 0.2) is 30.3 Å². The van der Waals surface area contributed by atoms with E-state index in [0.717, 1.165) is 18.4 Å². The summed E-state index contributed by atoms with van der Waals surface area (Å²) in [6, 6.07) is 9.70. The fourth-order valence-electron chi connectivity index (χ4n) is 1.85. The van der Waals surface area contributed by atoms with E-state index in [1.54, 1.807) is 6.07 Å². The molecule has 18 heavy (non-hydrogen) atoms. The number of nitrogens with two attached hydrogens (primary N) is 1. The molecule has 0 fully saturated rings. The van der Waals surface area contributed by atoms with Gasteiger partial charge in [0.1, 0.15) is 0 Å². The highest BCUT2D eigenvalue weighted by Crippen LogP contribution is 2.28. The second-order valence-corrected chi connectivity index (χ2v) is 6.29. The monoisotopic (exact) mass is 299 g/mol. The lowest BCUT2D eigenvalue weighted by atomic mass is 10.0. The fourth-order valence-corrected chi connectivity index (χ4v) is 3.42. The van der Waals surface area contributed by atoms with E-state index < -0.39 is 0 Å². The van der Waals surface area contributed by atoms with E-state index in [-0.39, 0.29) is 6.04 Å². The van der Waals surface area contributed by atoms with Gasteiger partial charge in [0.2, 0.25) is 0 Å². The SMILES string of the molecule is CCc1ccc(CC(N)c2ccc(Cl)cc2Cl)s1. The zero-order valence-corrected chi connectivity index (χ0v) is 12.4. The van der Waals surface area contributed by atoms with Gasteiger partial charge in [-0.15, -0.1) is 11.3 Å². The molecule has 4 heteroatoms. The van der Waals surface area contributed by atoms with Crippen LogP contribution >= 0.6 is 34.5 Å². The van der Waals surface area contributed by atoms with E-state index in [0.29, 0.717) is 10.0 Å². The van der Waals surface area contributed by atoms with E-state index in [9.17, 15) is 0 Å². The van der Waals surface area contributed by atoms with Crippen LogP contribution in [0.1, 0.15) is 28.3 Å². The van der Waals surface area contributed by atoms with Crippen molar-refractivity contribution in [1.82, 2.24) is 0 Å². The molecule has 1 aromatic heterocycles. The highest BCUT2D eigenvalue weighted by atomic mass is 35.5. The number of aryl methyl sites for hydroxylation is 1. The molecule has 1 unspecified atom stereocenters. The lowest BCUT2D eigenvalue weighted by molar-refractivity contribution is 0.730. The summed E-state index contributed by atoms with van der Waals surface area (Å²) in [7, 11) is 0. The zero-order chi connectivity index (χ0) is 13.1. The zero-order valence-electron chi connectivity index (χ0n) is 10.1. The van der Waals surface area contributed by atoms with E-state index in [2.05, 4.69) is 19.1 Å². The van der Waals surface area contributed by atoms with Gasteiger partial charge >= 0.3 is 0 Å². The standard InChI is InChI=1S/C14H15Cl2NS/c1-2-10-4-5-11(18-10)8-14(17)12-6-3-9(15)7-13(12)16/h3-7,14H,2,8,17H2,1H3. The first kappa shape index (κ1) is 13.9. The summed E-state index contributed by atoms with van der Waals surface area (Å²) in [4.78, 5) is 2.68. The molecule has 96 valence electrons. The van der Waals surface area contributed by atoms with Gasteiger partial charge in [-0.3, -0.25) is 0 Å². The van der Waals surface area contributed by atoms with Gasteiger partial charge in [-0.1, -0.05) is 36.2 Å². The second kappa shape index (κ2) is 6.07. The Morgan fingerprint density at radius 2 is 1.89 bits per heavy atom. The maximum atomic E-state index is 6.21. The molecule has 1 atom stereocenters. The average Bonchev–Trinajstić information content (AvgIpc) is 2.76. The molecular weight excluding hydrogens is 285 g/mol. The Balaban J connectivity index is 2.13. The maximum Gasteiger partial charge on any atom is 0.0468 e. The summed E-state index contributed by atoms with van der Waals surface area (Å²) < 4.78 is 0. The average molecular weight is 300 g/mol. The molecule has 1 heterocycles. The van der Waals surface area contributed by atoms with Crippen LogP contribution in [-0.4, -0.2) is 0 Å². The van der Waals surface area contributed by atoms with E-state index in [4.69, 9.17) is 28.9 Å². The predicted molar refractivity (Wildman–Crippen MR) is 80.8 cm³/mol. The Hall–Kier alpha value is -0.540. The van der Waals surface area contributed by atoms with Crippen LogP contribution in [0, 0.1) is 0 Å². The summed E-state index contributed by atoms with van der Waals surface area (Å²) >= 11 is 13.9. The second-order valence-electron chi connectivity index (χ2n) is 4.20. The highest BCUT2D eigenvalue weighted by Gasteiger charge is 2.12. The molecule has 1 nitrogen and oxygen atoms in total. The Morgan fingerprint density at radius 3 is 2.50 bits per heavy atom. The summed E-state index contributed by atoms with van der Waals surface area (Å²) in [5.41, 5.74) is 7.16. The van der Waals surface area contributed by atoms with Gasteiger partial charge in [0.25, 0.3) is 0 Å². The van der Waals surface area contributed by atoms with Gasteiger partial charge in [-0.25, -0.2) is 0 Å². The first-order valence-corrected chi connectivity index (χ1v) is 7.45. The molecule has 0 aliphatic rings. The largest absolute Gasteiger partial charge is 0.324 e. The lowest BCUT2D eigenvalue weighted by Crippen LogP contribution is -2.13. The molecule has 0 saturated carbocycles. The Kier molecular flexibility index (Phi) is 4.68. The van der Waals surface area contributed by atoms with Crippen molar-refractivity contribution in [2.75, 3.05) is 0 Å². The van der Waals surface area contributed by atoms with Crippen LogP contribution in [0.2, 0.25) is 10.0 Å². The topological polar surface area (TPSA) is 26.0 Å². The van der Waals surface area contributed by atoms with Crippen molar-refractivity contribution in [2.45, 2.75) is 25.8 Å². The minimum absolute atomic E-state index is 0.0851. The molecule has 0 spiro atoms. The van der Waals surface area contributed by atoms with Crippen LogP contribution in [0.4, 0.5) is 0 Å². The van der Waals surface area contributed by atoms with Gasteiger partial charge < -0.3 is 5.73 Å². The molecule has 1 aromatic carbocycles. The minimum atomic E-state index is -0.0851. The molecular formula is C14H15Cl2NS. The van der Waals surface area contributed by atoms with Gasteiger partial charge in [-0.2, -0.15) is 0 Å². The molecule has 2 N–H and O–H groups in total. The Bertz CT molecular complexity index is 536. The van der Waals surface area contributed by atoms with Gasteiger partial charge in [0.05, 0.1) is 0 Å². The number of halogens is 2. The predicted octanol–water partition coefficient (Wildman–Crippen LogP) is 4.86. The van der Waals surface area contributed by atoms with Gasteiger partial charge in [-0.05, 0) is 36.2 Å². The van der Waals surface area contributed by atoms with Crippen LogP contribution in [0.5, 0.6) is 0 Å². The van der Waals surface area contributed by atoms with Gasteiger partial charge in [0.15, 0.2) is 0 Å². The third kappa shape index (κ3) is 3.27. The lowest BCUT2D eigenvalue weighted by Gasteiger charge is -2.13. The number of thiophene rings is 1. The Morgan fingerprint density at radius 1 is 1.17 bits per heavy atom. The molecule has 0 bridgehead atoms. The smallest absolute Gasteiger partial charge is 0.0468 e. The maximum absolute atomic E-state index is 6.21. The van der Waals surface area contributed by atoms with Crippen molar-refractivity contribution in [3.05, 3.63) is 55.7 Å². The van der Waals surface area contributed by atoms with Crippen molar-refractivity contribution < 1.29 is 0 Å². The summed E-state index contributed by atoms with van der Waals surface area (Å²) in [6.45, 7) is 2.16. The summed E-state index contributed by atoms with van der Waals surface area (Å²) in [5, 5.41) is 1.28. The quantitative estimate of drug-likeness (QED) is 0.857. The van der Waals surface area contributed by atoms with Crippen LogP contribution < -0.4 is 5.73 Å². The molecule has 2 rings (SSSR count). The van der Waals surface area contributed by atoms with E-state index in [1.165, 1.54) is 9.75 Å². The van der Waals surface area contributed by atoms with Gasteiger partial charge in [0, 0.05) is 32.3 Å². The van der Waals surface area contributed by atoms with Crippen molar-refractivity contribution >= 4 is 34.5 Å². The number of hydrogen-bond acceptors (Lipinski definition) is 2. The van der Waals surface area contributed by atoms with Crippen LogP contribution in [-0.2, 0) is 12.8 Å². The van der Waals surface area contributed by atoms with Crippen molar-refractivity contribution in [3.63, 3.8) is 0 Å². The molecule has 0 aliphatic heterocycles. The van der Waals surface area contributed by atoms with E-state index >= 15 is 0 Å². The molecule has 0 amide bonds. The highest BCUT2D eigenvalue weighted by molar-refractivity contribution is 7.11. The van der Waals surface area contributed by atoms with Crippen molar-refractivity contribution in [1.29, 1.82) is 0 Å². The van der Waals surface area contributed by atoms with Crippen molar-refractivity contribution in [3.8, 4) is 0 Å². The number of benzene rings is 1. The summed E-state index contributed by atoms with van der Waals surface area (Å²) in [5.74, 6) is 0. The molecule has 0 aliphatic carbocycles. The normalized spacial score (nSPS) is 12.7. The Labute approximate surface area is 122 Å². The fraction of sp³-hybridized carbons (Fsp3) is 0.286. The molecule has 0 radical (unpaired) electrons. The van der Waals surface area contributed by atoms with Crippen LogP contribution in [0.3, 0.4) is 0 Å². The third-order valence-electron chi connectivity index (χ3n) is 2.85. The molecule has 0 saturated heterocycles. The number of hydrogen-bond donors (Lipinski definition) is 1. The number of rotatable bonds is 4. The van der Waals surface area contributed by atoms with Crippen molar-refractivity contribution in [2.24, 2.45) is 5.73 Å². The van der Waals surface area contributed by atoms with E-state index in [1.807, 2.05) is 23.5 Å².